The van der Waals surface area contributed by atoms with E-state index < -0.39 is 0 Å². The van der Waals surface area contributed by atoms with Crippen LogP contribution in [0.2, 0.25) is 0 Å². The largest absolute Gasteiger partial charge is 0.443 e. The van der Waals surface area contributed by atoms with Crippen molar-refractivity contribution in [2.45, 2.75) is 50.8 Å². The molecule has 7 nitrogen and oxygen atoms in total. The molecule has 7 heteroatoms. The Labute approximate surface area is 163 Å². The molecule has 0 saturated carbocycles. The van der Waals surface area contributed by atoms with Crippen LogP contribution in [0.3, 0.4) is 0 Å². The normalized spacial score (nSPS) is 24.2. The fourth-order valence-corrected chi connectivity index (χ4v) is 4.81. The van der Waals surface area contributed by atoms with Crippen LogP contribution in [0, 0.1) is 6.92 Å². The smallest absolute Gasteiger partial charge is 0.411 e. The summed E-state index contributed by atoms with van der Waals surface area (Å²) in [5.74, 6) is 0.640. The first kappa shape index (κ1) is 17.3. The number of aromatic nitrogens is 1. The number of fused-ring (bicyclic) bond motifs is 3. The van der Waals surface area contributed by atoms with E-state index in [0.717, 1.165) is 25.0 Å². The second-order valence-electron chi connectivity index (χ2n) is 7.90. The van der Waals surface area contributed by atoms with E-state index in [1.807, 2.05) is 28.9 Å². The molecular weight excluding hydrogens is 358 g/mol. The Morgan fingerprint density at radius 3 is 2.79 bits per heavy atom. The number of hydrogen-bond acceptors (Lipinski definition) is 5. The SMILES string of the molecule is Cc1cc(CC(=O)N2CCC(N3C(=O)O[C@H]4Cc5ccccc5[C@H]43)CC2)on1. The van der Waals surface area contributed by atoms with Gasteiger partial charge < -0.3 is 14.2 Å². The topological polar surface area (TPSA) is 75.9 Å². The molecule has 3 aliphatic rings. The Hall–Kier alpha value is -2.83. The van der Waals surface area contributed by atoms with E-state index in [0.29, 0.717) is 18.8 Å². The Kier molecular flexibility index (Phi) is 4.10. The van der Waals surface area contributed by atoms with Crippen molar-refractivity contribution in [3.63, 3.8) is 0 Å². The maximum Gasteiger partial charge on any atom is 0.411 e. The van der Waals surface area contributed by atoms with E-state index in [-0.39, 0.29) is 36.6 Å². The molecule has 0 N–H and O–H groups in total. The Morgan fingerprint density at radius 2 is 2.04 bits per heavy atom. The highest BCUT2D eigenvalue weighted by Crippen LogP contribution is 2.44. The highest BCUT2D eigenvalue weighted by molar-refractivity contribution is 5.78. The molecule has 1 aromatic heterocycles. The molecule has 2 saturated heterocycles. The van der Waals surface area contributed by atoms with Gasteiger partial charge in [0.1, 0.15) is 11.9 Å². The Balaban J connectivity index is 1.25. The summed E-state index contributed by atoms with van der Waals surface area (Å²) in [4.78, 5) is 28.9. The Morgan fingerprint density at radius 1 is 1.25 bits per heavy atom. The first-order valence-electron chi connectivity index (χ1n) is 9.87. The molecule has 3 heterocycles. The van der Waals surface area contributed by atoms with Gasteiger partial charge in [0.05, 0.1) is 18.2 Å². The van der Waals surface area contributed by atoms with Gasteiger partial charge in [0.2, 0.25) is 5.91 Å². The van der Waals surface area contributed by atoms with Crippen LogP contribution >= 0.6 is 0 Å². The molecule has 5 rings (SSSR count). The zero-order chi connectivity index (χ0) is 19.3. The molecule has 2 aromatic rings. The predicted octanol–water partition coefficient (Wildman–Crippen LogP) is 2.63. The summed E-state index contributed by atoms with van der Waals surface area (Å²) in [7, 11) is 0. The van der Waals surface area contributed by atoms with Gasteiger partial charge in [-0.25, -0.2) is 4.79 Å². The number of likely N-dealkylation sites (tertiary alicyclic amines) is 1. The molecular formula is C21H23N3O4. The minimum Gasteiger partial charge on any atom is -0.443 e. The number of nitrogens with zero attached hydrogens (tertiary/aromatic N) is 3. The predicted molar refractivity (Wildman–Crippen MR) is 99.5 cm³/mol. The van der Waals surface area contributed by atoms with Gasteiger partial charge in [-0.15, -0.1) is 0 Å². The maximum atomic E-state index is 12.6. The monoisotopic (exact) mass is 381 g/mol. The van der Waals surface area contributed by atoms with Crippen molar-refractivity contribution >= 4 is 12.0 Å². The van der Waals surface area contributed by atoms with Gasteiger partial charge >= 0.3 is 6.09 Å². The molecule has 0 radical (unpaired) electrons. The average molecular weight is 381 g/mol. The van der Waals surface area contributed by atoms with Crippen LogP contribution in [0.4, 0.5) is 4.79 Å². The number of carbonyl (C=O) groups is 2. The second kappa shape index (κ2) is 6.65. The highest BCUT2D eigenvalue weighted by atomic mass is 16.6. The summed E-state index contributed by atoms with van der Waals surface area (Å²) >= 11 is 0. The van der Waals surface area contributed by atoms with Crippen LogP contribution in [0.5, 0.6) is 0 Å². The van der Waals surface area contributed by atoms with E-state index in [1.165, 1.54) is 11.1 Å². The molecule has 0 spiro atoms. The third kappa shape index (κ3) is 2.85. The molecule has 1 aromatic carbocycles. The van der Waals surface area contributed by atoms with Crippen molar-refractivity contribution < 1.29 is 18.8 Å². The van der Waals surface area contributed by atoms with Gasteiger partial charge in [-0.3, -0.25) is 9.69 Å². The molecule has 1 aliphatic carbocycles. The van der Waals surface area contributed by atoms with Gasteiger partial charge in [0.15, 0.2) is 0 Å². The van der Waals surface area contributed by atoms with Crippen molar-refractivity contribution in [3.8, 4) is 0 Å². The van der Waals surface area contributed by atoms with E-state index in [1.54, 1.807) is 6.07 Å². The molecule has 2 amide bonds. The summed E-state index contributed by atoms with van der Waals surface area (Å²) in [5.41, 5.74) is 3.25. The van der Waals surface area contributed by atoms with E-state index in [4.69, 9.17) is 9.26 Å². The molecule has 146 valence electrons. The summed E-state index contributed by atoms with van der Waals surface area (Å²) in [6.07, 6.45) is 2.25. The van der Waals surface area contributed by atoms with Crippen molar-refractivity contribution in [2.75, 3.05) is 13.1 Å². The number of aryl methyl sites for hydroxylation is 1. The van der Waals surface area contributed by atoms with Crippen molar-refractivity contribution in [1.82, 2.24) is 15.0 Å². The zero-order valence-electron chi connectivity index (χ0n) is 15.8. The second-order valence-corrected chi connectivity index (χ2v) is 7.90. The number of ether oxygens (including phenoxy) is 1. The van der Waals surface area contributed by atoms with Crippen LogP contribution < -0.4 is 0 Å². The third-order valence-corrected chi connectivity index (χ3v) is 6.12. The fraction of sp³-hybridized carbons (Fsp3) is 0.476. The molecule has 2 fully saturated rings. The van der Waals surface area contributed by atoms with Gasteiger partial charge in [0, 0.05) is 31.6 Å². The van der Waals surface area contributed by atoms with E-state index in [9.17, 15) is 9.59 Å². The number of benzene rings is 1. The van der Waals surface area contributed by atoms with Crippen molar-refractivity contribution in [2.24, 2.45) is 0 Å². The lowest BCUT2D eigenvalue weighted by Gasteiger charge is -2.37. The standard InChI is InChI=1S/C21H23N3O4/c1-13-10-16(28-22-13)12-19(25)23-8-6-15(7-9-23)24-20-17-5-3-2-4-14(17)11-18(20)27-21(24)26/h2-5,10,15,18,20H,6-9,11-12H2,1H3/t18-,20+/m0/s1. The lowest BCUT2D eigenvalue weighted by atomic mass is 9.99. The third-order valence-electron chi connectivity index (χ3n) is 6.12. The Bertz CT molecular complexity index is 916. The minimum atomic E-state index is -0.216. The van der Waals surface area contributed by atoms with Crippen LogP contribution in [0.15, 0.2) is 34.9 Å². The quantitative estimate of drug-likeness (QED) is 0.817. The van der Waals surface area contributed by atoms with Crippen LogP contribution in [0.25, 0.3) is 0 Å². The first-order chi connectivity index (χ1) is 13.6. The number of amides is 2. The summed E-state index contributed by atoms with van der Waals surface area (Å²) < 4.78 is 10.8. The maximum absolute atomic E-state index is 12.6. The van der Waals surface area contributed by atoms with Crippen molar-refractivity contribution in [1.29, 1.82) is 0 Å². The molecule has 28 heavy (non-hydrogen) atoms. The fourth-order valence-electron chi connectivity index (χ4n) is 4.81. The summed E-state index contributed by atoms with van der Waals surface area (Å²) in [6, 6.07) is 10.2. The molecule has 0 unspecified atom stereocenters. The van der Waals surface area contributed by atoms with Crippen molar-refractivity contribution in [3.05, 3.63) is 52.9 Å². The molecule has 2 aliphatic heterocycles. The molecule has 2 atom stereocenters. The number of hydrogen-bond donors (Lipinski definition) is 0. The van der Waals surface area contributed by atoms with Crippen LogP contribution in [0.1, 0.15) is 41.5 Å². The summed E-state index contributed by atoms with van der Waals surface area (Å²) in [6.45, 7) is 3.12. The van der Waals surface area contributed by atoms with Gasteiger partial charge in [0.25, 0.3) is 0 Å². The number of piperidine rings is 1. The highest BCUT2D eigenvalue weighted by Gasteiger charge is 2.50. The van der Waals surface area contributed by atoms with E-state index >= 15 is 0 Å². The number of rotatable bonds is 3. The first-order valence-corrected chi connectivity index (χ1v) is 9.87. The van der Waals surface area contributed by atoms with Crippen LogP contribution in [-0.2, 0) is 22.4 Å². The van der Waals surface area contributed by atoms with Crippen LogP contribution in [-0.4, -0.2) is 52.2 Å². The van der Waals surface area contributed by atoms with Gasteiger partial charge in [-0.1, -0.05) is 29.4 Å². The lowest BCUT2D eigenvalue weighted by Crippen LogP contribution is -2.48. The minimum absolute atomic E-state index is 0.00752. The van der Waals surface area contributed by atoms with Gasteiger partial charge in [-0.2, -0.15) is 0 Å². The van der Waals surface area contributed by atoms with E-state index in [2.05, 4.69) is 17.3 Å². The number of carbonyl (C=O) groups excluding carboxylic acids is 2. The molecule has 0 bridgehead atoms. The zero-order valence-corrected chi connectivity index (χ0v) is 15.8. The summed E-state index contributed by atoms with van der Waals surface area (Å²) in [5, 5.41) is 3.83. The average Bonchev–Trinajstić information content (AvgIpc) is 3.35. The van der Waals surface area contributed by atoms with Gasteiger partial charge in [-0.05, 0) is 30.9 Å². The lowest BCUT2D eigenvalue weighted by molar-refractivity contribution is -0.132.